The molecule has 0 bridgehead atoms. The summed E-state index contributed by atoms with van der Waals surface area (Å²) in [5.74, 6) is -0.646. The summed E-state index contributed by atoms with van der Waals surface area (Å²) < 4.78 is 0. The van der Waals surface area contributed by atoms with Gasteiger partial charge in [-0.05, 0) is 63.1 Å². The van der Waals surface area contributed by atoms with Gasteiger partial charge in [-0.25, -0.2) is 10.9 Å². The van der Waals surface area contributed by atoms with Crippen molar-refractivity contribution in [3.8, 4) is 0 Å². The molecule has 0 spiro atoms. The maximum absolute atomic E-state index is 12.2. The van der Waals surface area contributed by atoms with Crippen LogP contribution in [0.3, 0.4) is 0 Å². The zero-order valence-corrected chi connectivity index (χ0v) is 18.4. The second-order valence-corrected chi connectivity index (χ2v) is 7.23. The number of hydrogen-bond acceptors (Lipinski definition) is 6. The first-order chi connectivity index (χ1) is 15.3. The molecule has 0 saturated heterocycles. The highest BCUT2D eigenvalue weighted by Crippen LogP contribution is 2.08. The summed E-state index contributed by atoms with van der Waals surface area (Å²) in [6.45, 7) is 7.32. The maximum atomic E-state index is 12.2. The van der Waals surface area contributed by atoms with E-state index in [1.807, 2.05) is 38.1 Å². The Bertz CT molecular complexity index is 1070. The van der Waals surface area contributed by atoms with E-state index in [0.29, 0.717) is 22.6 Å². The monoisotopic (exact) mass is 428 g/mol. The normalized spacial score (nSPS) is 11.8. The topological polar surface area (TPSA) is 109 Å². The highest BCUT2D eigenvalue weighted by molar-refractivity contribution is 6.03. The van der Waals surface area contributed by atoms with Crippen molar-refractivity contribution in [2.75, 3.05) is 0 Å². The average Bonchev–Trinajstić information content (AvgIpc) is 2.81. The predicted octanol–water partition coefficient (Wildman–Crippen LogP) is 3.40. The van der Waals surface area contributed by atoms with Gasteiger partial charge in [-0.2, -0.15) is 10.2 Å². The molecule has 0 fully saturated rings. The fraction of sp³-hybridized carbons (Fsp3) is 0.167. The van der Waals surface area contributed by atoms with Crippen LogP contribution >= 0.6 is 0 Å². The minimum Gasteiger partial charge on any atom is -0.267 e. The van der Waals surface area contributed by atoms with Crippen molar-refractivity contribution < 1.29 is 9.59 Å². The summed E-state index contributed by atoms with van der Waals surface area (Å²) >= 11 is 0. The summed E-state index contributed by atoms with van der Waals surface area (Å²) in [5, 5.41) is 8.33. The van der Waals surface area contributed by atoms with E-state index in [4.69, 9.17) is 0 Å². The number of benzene rings is 1. The van der Waals surface area contributed by atoms with Crippen LogP contribution in [-0.2, 0) is 0 Å². The van der Waals surface area contributed by atoms with Crippen LogP contribution in [0.5, 0.6) is 0 Å². The minimum absolute atomic E-state index is 0.323. The zero-order valence-electron chi connectivity index (χ0n) is 18.4. The fourth-order valence-corrected chi connectivity index (χ4v) is 2.68. The maximum Gasteiger partial charge on any atom is 0.272 e. The Morgan fingerprint density at radius 3 is 1.28 bits per heavy atom. The third kappa shape index (κ3) is 5.91. The molecule has 8 nitrogen and oxygen atoms in total. The molecule has 2 amide bonds. The Kier molecular flexibility index (Phi) is 7.17. The standard InChI is InChI=1S/C24H24N6O2/c1-15-5-7-21(13-25-15)23(31)29-27-17(3)19-9-11-20(12-10-19)18(4)28-30-24(32)22-8-6-16(2)26-14-22/h5-14H,1-4H3,(H,29,31)(H,30,32)/b27-17+,28-18+. The minimum atomic E-state index is -0.323. The number of carbonyl (C=O) groups excluding carboxylic acids is 2. The molecule has 0 unspecified atom stereocenters. The van der Waals surface area contributed by atoms with E-state index < -0.39 is 0 Å². The average molecular weight is 428 g/mol. The van der Waals surface area contributed by atoms with Crippen LogP contribution in [-0.4, -0.2) is 33.2 Å². The molecule has 162 valence electrons. The van der Waals surface area contributed by atoms with Crippen LogP contribution in [0.1, 0.15) is 57.1 Å². The Labute approximate surface area is 186 Å². The van der Waals surface area contributed by atoms with E-state index in [9.17, 15) is 9.59 Å². The summed E-state index contributed by atoms with van der Waals surface area (Å²) in [6, 6.07) is 14.4. The third-order valence-corrected chi connectivity index (χ3v) is 4.72. The molecule has 0 aliphatic rings. The van der Waals surface area contributed by atoms with Crippen molar-refractivity contribution in [2.45, 2.75) is 27.7 Å². The van der Waals surface area contributed by atoms with E-state index in [0.717, 1.165) is 22.5 Å². The Morgan fingerprint density at radius 1 is 0.625 bits per heavy atom. The molecule has 32 heavy (non-hydrogen) atoms. The van der Waals surface area contributed by atoms with Crippen molar-refractivity contribution in [2.24, 2.45) is 10.2 Å². The van der Waals surface area contributed by atoms with Gasteiger partial charge in [-0.15, -0.1) is 0 Å². The molecule has 0 aliphatic carbocycles. The van der Waals surface area contributed by atoms with E-state index in [-0.39, 0.29) is 11.8 Å². The lowest BCUT2D eigenvalue weighted by atomic mass is 10.1. The number of hydrazone groups is 2. The molecule has 2 N–H and O–H groups in total. The van der Waals surface area contributed by atoms with Crippen LogP contribution in [0.4, 0.5) is 0 Å². The quantitative estimate of drug-likeness (QED) is 0.463. The number of nitrogens with one attached hydrogen (secondary N) is 2. The SMILES string of the molecule is C/C(=N\NC(=O)c1ccc(C)nc1)c1ccc(/C(C)=N/NC(=O)c2ccc(C)nc2)cc1. The second-order valence-electron chi connectivity index (χ2n) is 7.23. The fourth-order valence-electron chi connectivity index (χ4n) is 2.68. The number of aromatic nitrogens is 2. The van der Waals surface area contributed by atoms with E-state index in [2.05, 4.69) is 31.0 Å². The van der Waals surface area contributed by atoms with Gasteiger partial charge in [-0.1, -0.05) is 24.3 Å². The van der Waals surface area contributed by atoms with Crippen molar-refractivity contribution in [1.29, 1.82) is 0 Å². The number of rotatable bonds is 6. The van der Waals surface area contributed by atoms with Crippen LogP contribution < -0.4 is 10.9 Å². The summed E-state index contributed by atoms with van der Waals surface area (Å²) in [5.41, 5.74) is 10.6. The van der Waals surface area contributed by atoms with Gasteiger partial charge in [0.1, 0.15) is 0 Å². The molecular weight excluding hydrogens is 404 g/mol. The Morgan fingerprint density at radius 2 is 0.969 bits per heavy atom. The number of hydrogen-bond donors (Lipinski definition) is 2. The van der Waals surface area contributed by atoms with Gasteiger partial charge in [0.15, 0.2) is 0 Å². The molecular formula is C24H24N6O2. The summed E-state index contributed by atoms with van der Waals surface area (Å²) in [4.78, 5) is 32.6. The first kappa shape index (κ1) is 22.5. The molecule has 0 atom stereocenters. The van der Waals surface area contributed by atoms with Gasteiger partial charge < -0.3 is 0 Å². The van der Waals surface area contributed by atoms with Gasteiger partial charge >= 0.3 is 0 Å². The van der Waals surface area contributed by atoms with Crippen LogP contribution in [0, 0.1) is 13.8 Å². The Balaban J connectivity index is 1.61. The molecule has 0 saturated carbocycles. The highest BCUT2D eigenvalue weighted by atomic mass is 16.2. The van der Waals surface area contributed by atoms with Crippen molar-refractivity contribution in [3.05, 3.63) is 94.6 Å². The number of amides is 2. The highest BCUT2D eigenvalue weighted by Gasteiger charge is 2.07. The van der Waals surface area contributed by atoms with Gasteiger partial charge in [0.2, 0.25) is 0 Å². The molecule has 2 heterocycles. The van der Waals surface area contributed by atoms with Crippen LogP contribution in [0.15, 0.2) is 71.1 Å². The van der Waals surface area contributed by atoms with Gasteiger partial charge in [0.05, 0.1) is 22.6 Å². The van der Waals surface area contributed by atoms with Crippen LogP contribution in [0.2, 0.25) is 0 Å². The lowest BCUT2D eigenvalue weighted by molar-refractivity contribution is 0.0946. The second kappa shape index (κ2) is 10.2. The van der Waals surface area contributed by atoms with Crippen molar-refractivity contribution >= 4 is 23.2 Å². The van der Waals surface area contributed by atoms with Gasteiger partial charge in [0.25, 0.3) is 11.8 Å². The lowest BCUT2D eigenvalue weighted by Crippen LogP contribution is -2.20. The predicted molar refractivity (Wildman–Crippen MR) is 124 cm³/mol. The molecule has 0 aliphatic heterocycles. The largest absolute Gasteiger partial charge is 0.272 e. The number of nitrogens with zero attached hydrogens (tertiary/aromatic N) is 4. The number of aryl methyl sites for hydroxylation is 2. The molecule has 0 radical (unpaired) electrons. The molecule has 3 rings (SSSR count). The van der Waals surface area contributed by atoms with E-state index in [1.165, 1.54) is 12.4 Å². The van der Waals surface area contributed by atoms with Crippen LogP contribution in [0.25, 0.3) is 0 Å². The number of pyridine rings is 2. The molecule has 8 heteroatoms. The van der Waals surface area contributed by atoms with Gasteiger partial charge in [0, 0.05) is 23.8 Å². The first-order valence-electron chi connectivity index (χ1n) is 9.99. The summed E-state index contributed by atoms with van der Waals surface area (Å²) in [6.07, 6.45) is 3.03. The lowest BCUT2D eigenvalue weighted by Gasteiger charge is -2.06. The van der Waals surface area contributed by atoms with Crippen molar-refractivity contribution in [3.63, 3.8) is 0 Å². The van der Waals surface area contributed by atoms with E-state index >= 15 is 0 Å². The molecule has 1 aromatic carbocycles. The summed E-state index contributed by atoms with van der Waals surface area (Å²) in [7, 11) is 0. The molecule has 3 aromatic rings. The smallest absolute Gasteiger partial charge is 0.267 e. The van der Waals surface area contributed by atoms with E-state index in [1.54, 1.807) is 38.1 Å². The first-order valence-corrected chi connectivity index (χ1v) is 9.99. The molecule has 2 aromatic heterocycles. The van der Waals surface area contributed by atoms with Crippen molar-refractivity contribution in [1.82, 2.24) is 20.8 Å². The third-order valence-electron chi connectivity index (χ3n) is 4.72. The number of carbonyl (C=O) groups is 2. The zero-order chi connectivity index (χ0) is 23.1. The van der Waals surface area contributed by atoms with Gasteiger partial charge in [-0.3, -0.25) is 19.6 Å². The Hall–Kier alpha value is -4.20.